The van der Waals surface area contributed by atoms with E-state index in [9.17, 15) is 4.79 Å². The number of carbonyl (C=O) groups is 1. The molecule has 18 heavy (non-hydrogen) atoms. The first-order valence-corrected chi connectivity index (χ1v) is 6.33. The number of aliphatic carboxylic acids is 1. The van der Waals surface area contributed by atoms with Crippen molar-refractivity contribution >= 4 is 5.97 Å². The Kier molecular flexibility index (Phi) is 4.33. The molecule has 0 spiro atoms. The minimum Gasteiger partial charge on any atom is -0.481 e. The monoisotopic (exact) mass is 249 g/mol. The molecular weight excluding hydrogens is 230 g/mol. The van der Waals surface area contributed by atoms with Crippen LogP contribution in [0.1, 0.15) is 48.4 Å². The summed E-state index contributed by atoms with van der Waals surface area (Å²) in [6.07, 6.45) is 2.59. The molecule has 1 atom stereocenters. The Balaban J connectivity index is 1.85. The largest absolute Gasteiger partial charge is 0.481 e. The molecule has 0 bridgehead atoms. The van der Waals surface area contributed by atoms with E-state index in [4.69, 9.17) is 15.6 Å². The van der Waals surface area contributed by atoms with Gasteiger partial charge in [0.05, 0.1) is 13.2 Å². The molecule has 0 fully saturated rings. The Labute approximate surface area is 107 Å². The summed E-state index contributed by atoms with van der Waals surface area (Å²) in [5, 5.41) is 8.56. The van der Waals surface area contributed by atoms with Crippen molar-refractivity contribution in [1.29, 1.82) is 0 Å². The van der Waals surface area contributed by atoms with Gasteiger partial charge in [0, 0.05) is 12.5 Å². The zero-order valence-corrected chi connectivity index (χ0v) is 10.4. The molecule has 0 saturated heterocycles. The van der Waals surface area contributed by atoms with Crippen molar-refractivity contribution in [2.75, 3.05) is 0 Å². The second kappa shape index (κ2) is 5.98. The first-order valence-electron chi connectivity index (χ1n) is 6.33. The van der Waals surface area contributed by atoms with Crippen molar-refractivity contribution in [3.8, 4) is 0 Å². The third-order valence-corrected chi connectivity index (χ3v) is 3.33. The standard InChI is InChI=1S/C14H19NO3/c15-13(3-1-2-4-14(16)17)10-5-6-11-8-18-9-12(11)7-10/h5-7,13H,1-4,8-9,15H2,(H,16,17). The number of fused-ring (bicyclic) bond motifs is 1. The molecule has 1 aliphatic heterocycles. The Morgan fingerprint density at radius 3 is 2.89 bits per heavy atom. The van der Waals surface area contributed by atoms with Gasteiger partial charge in [0.2, 0.25) is 0 Å². The van der Waals surface area contributed by atoms with E-state index in [2.05, 4.69) is 18.2 Å². The Morgan fingerprint density at radius 2 is 2.11 bits per heavy atom. The van der Waals surface area contributed by atoms with Crippen molar-refractivity contribution in [3.05, 3.63) is 34.9 Å². The molecule has 0 aliphatic carbocycles. The number of carboxylic acids is 1. The van der Waals surface area contributed by atoms with Gasteiger partial charge in [0.1, 0.15) is 0 Å². The number of unbranched alkanes of at least 4 members (excludes halogenated alkanes) is 1. The Morgan fingerprint density at radius 1 is 1.33 bits per heavy atom. The highest BCUT2D eigenvalue weighted by Gasteiger charge is 2.14. The van der Waals surface area contributed by atoms with E-state index >= 15 is 0 Å². The average Bonchev–Trinajstić information content (AvgIpc) is 2.81. The molecule has 0 radical (unpaired) electrons. The van der Waals surface area contributed by atoms with Crippen LogP contribution in [0, 0.1) is 0 Å². The molecule has 4 heteroatoms. The van der Waals surface area contributed by atoms with Gasteiger partial charge in [-0.1, -0.05) is 24.6 Å². The Bertz CT molecular complexity index is 431. The smallest absolute Gasteiger partial charge is 0.303 e. The molecule has 0 aromatic heterocycles. The summed E-state index contributed by atoms with van der Waals surface area (Å²) in [5.74, 6) is -0.738. The van der Waals surface area contributed by atoms with Crippen LogP contribution in [0.3, 0.4) is 0 Å². The maximum atomic E-state index is 10.4. The highest BCUT2D eigenvalue weighted by Crippen LogP contribution is 2.25. The lowest BCUT2D eigenvalue weighted by Gasteiger charge is -2.12. The SMILES string of the molecule is NC(CCCCC(=O)O)c1ccc2c(c1)COC2. The van der Waals surface area contributed by atoms with Crippen LogP contribution >= 0.6 is 0 Å². The number of carboxylic acid groups (broad SMARTS) is 1. The van der Waals surface area contributed by atoms with Crippen LogP contribution in [0.5, 0.6) is 0 Å². The molecular formula is C14H19NO3. The van der Waals surface area contributed by atoms with Crippen LogP contribution in [-0.2, 0) is 22.7 Å². The Hall–Kier alpha value is -1.39. The highest BCUT2D eigenvalue weighted by molar-refractivity contribution is 5.66. The van der Waals surface area contributed by atoms with Crippen LogP contribution in [0.25, 0.3) is 0 Å². The van der Waals surface area contributed by atoms with E-state index in [-0.39, 0.29) is 12.5 Å². The second-order valence-electron chi connectivity index (χ2n) is 4.77. The number of ether oxygens (including phenoxy) is 1. The first kappa shape index (κ1) is 13.1. The summed E-state index contributed by atoms with van der Waals surface area (Å²) < 4.78 is 5.37. The predicted octanol–water partition coefficient (Wildman–Crippen LogP) is 2.36. The molecule has 1 aromatic rings. The van der Waals surface area contributed by atoms with Gasteiger partial charge in [0.25, 0.3) is 0 Å². The van der Waals surface area contributed by atoms with Crippen LogP contribution in [0.2, 0.25) is 0 Å². The molecule has 0 amide bonds. The van der Waals surface area contributed by atoms with Gasteiger partial charge in [-0.25, -0.2) is 0 Å². The fourth-order valence-corrected chi connectivity index (χ4v) is 2.23. The zero-order chi connectivity index (χ0) is 13.0. The minimum absolute atomic E-state index is 0.00954. The molecule has 2 rings (SSSR count). The van der Waals surface area contributed by atoms with E-state index in [1.165, 1.54) is 11.1 Å². The first-order chi connectivity index (χ1) is 8.66. The van der Waals surface area contributed by atoms with Gasteiger partial charge in [-0.05, 0) is 29.5 Å². The van der Waals surface area contributed by atoms with E-state index in [1.54, 1.807) is 0 Å². The predicted molar refractivity (Wildman–Crippen MR) is 68.0 cm³/mol. The lowest BCUT2D eigenvalue weighted by atomic mass is 9.98. The van der Waals surface area contributed by atoms with Gasteiger partial charge in [-0.2, -0.15) is 0 Å². The van der Waals surface area contributed by atoms with E-state index in [0.717, 1.165) is 18.4 Å². The number of nitrogens with two attached hydrogens (primary N) is 1. The van der Waals surface area contributed by atoms with Crippen LogP contribution in [-0.4, -0.2) is 11.1 Å². The molecule has 1 unspecified atom stereocenters. The number of hydrogen-bond acceptors (Lipinski definition) is 3. The van der Waals surface area contributed by atoms with Gasteiger partial charge in [-0.15, -0.1) is 0 Å². The fourth-order valence-electron chi connectivity index (χ4n) is 2.23. The lowest BCUT2D eigenvalue weighted by Crippen LogP contribution is -2.10. The molecule has 98 valence electrons. The topological polar surface area (TPSA) is 72.6 Å². The lowest BCUT2D eigenvalue weighted by molar-refractivity contribution is -0.137. The van der Waals surface area contributed by atoms with Gasteiger partial charge < -0.3 is 15.6 Å². The molecule has 0 saturated carbocycles. The quantitative estimate of drug-likeness (QED) is 0.759. The summed E-state index contributed by atoms with van der Waals surface area (Å²) >= 11 is 0. The summed E-state index contributed by atoms with van der Waals surface area (Å²) in [7, 11) is 0. The molecule has 1 aromatic carbocycles. The van der Waals surface area contributed by atoms with Gasteiger partial charge in [0.15, 0.2) is 0 Å². The summed E-state index contributed by atoms with van der Waals surface area (Å²) in [6.45, 7) is 1.37. The van der Waals surface area contributed by atoms with Crippen LogP contribution < -0.4 is 5.73 Å². The number of benzene rings is 1. The summed E-state index contributed by atoms with van der Waals surface area (Å²) in [6, 6.07) is 6.23. The third-order valence-electron chi connectivity index (χ3n) is 3.33. The van der Waals surface area contributed by atoms with Gasteiger partial charge in [-0.3, -0.25) is 4.79 Å². The van der Waals surface area contributed by atoms with Crippen molar-refractivity contribution in [2.45, 2.75) is 44.9 Å². The van der Waals surface area contributed by atoms with E-state index in [1.807, 2.05) is 0 Å². The molecule has 1 heterocycles. The van der Waals surface area contributed by atoms with Crippen molar-refractivity contribution in [2.24, 2.45) is 5.73 Å². The van der Waals surface area contributed by atoms with Gasteiger partial charge >= 0.3 is 5.97 Å². The average molecular weight is 249 g/mol. The second-order valence-corrected chi connectivity index (χ2v) is 4.77. The molecule has 1 aliphatic rings. The van der Waals surface area contributed by atoms with Crippen LogP contribution in [0.15, 0.2) is 18.2 Å². The van der Waals surface area contributed by atoms with E-state index < -0.39 is 5.97 Å². The maximum absolute atomic E-state index is 10.4. The van der Waals surface area contributed by atoms with Crippen molar-refractivity contribution in [1.82, 2.24) is 0 Å². The van der Waals surface area contributed by atoms with E-state index in [0.29, 0.717) is 19.6 Å². The summed E-state index contributed by atoms with van der Waals surface area (Å²) in [5.41, 5.74) is 9.71. The van der Waals surface area contributed by atoms with Crippen LogP contribution in [0.4, 0.5) is 0 Å². The highest BCUT2D eigenvalue weighted by atomic mass is 16.5. The summed E-state index contributed by atoms with van der Waals surface area (Å²) in [4.78, 5) is 10.4. The zero-order valence-electron chi connectivity index (χ0n) is 10.4. The number of hydrogen-bond donors (Lipinski definition) is 2. The molecule has 3 N–H and O–H groups in total. The van der Waals surface area contributed by atoms with Crippen molar-refractivity contribution in [3.63, 3.8) is 0 Å². The number of rotatable bonds is 6. The fraction of sp³-hybridized carbons (Fsp3) is 0.500. The normalized spacial score (nSPS) is 15.4. The third kappa shape index (κ3) is 3.31. The molecule has 4 nitrogen and oxygen atoms in total. The van der Waals surface area contributed by atoms with Crippen molar-refractivity contribution < 1.29 is 14.6 Å². The maximum Gasteiger partial charge on any atom is 0.303 e. The minimum atomic E-state index is -0.738.